The first-order chi connectivity index (χ1) is 13.3. The van der Waals surface area contributed by atoms with Crippen molar-refractivity contribution in [3.63, 3.8) is 0 Å². The number of pyridine rings is 1. The van der Waals surface area contributed by atoms with Crippen molar-refractivity contribution >= 4 is 17.4 Å². The van der Waals surface area contributed by atoms with Crippen molar-refractivity contribution in [2.45, 2.75) is 19.5 Å². The van der Waals surface area contributed by atoms with Crippen LogP contribution in [0.3, 0.4) is 0 Å². The number of aliphatic hydroxyl groups is 1. The van der Waals surface area contributed by atoms with Gasteiger partial charge in [-0.15, -0.1) is 0 Å². The fourth-order valence-electron chi connectivity index (χ4n) is 3.01. The van der Waals surface area contributed by atoms with Crippen LogP contribution in [0.1, 0.15) is 33.2 Å². The van der Waals surface area contributed by atoms with Crippen LogP contribution in [0.5, 0.6) is 0 Å². The highest BCUT2D eigenvalue weighted by atomic mass is 19.1. The van der Waals surface area contributed by atoms with Gasteiger partial charge in [-0.3, -0.25) is 19.2 Å². The highest BCUT2D eigenvalue weighted by Crippen LogP contribution is 2.25. The van der Waals surface area contributed by atoms with Gasteiger partial charge >= 0.3 is 0 Å². The molecular formula is C19H20FN3O5. The van der Waals surface area contributed by atoms with Gasteiger partial charge in [0.2, 0.25) is 0 Å². The van der Waals surface area contributed by atoms with Crippen LogP contribution in [0.2, 0.25) is 0 Å². The SMILES string of the molecule is CC(=O)c1ccc(NC2Cc3cc(=O)n(C)cc3C(=O)N2OCCO)c(F)c1. The molecule has 1 aromatic carbocycles. The number of Topliss-reactive ketones (excluding diaryl/α,β-unsaturated/α-hetero) is 1. The number of nitrogens with zero attached hydrogens (tertiary/aromatic N) is 2. The van der Waals surface area contributed by atoms with Gasteiger partial charge in [0.1, 0.15) is 12.0 Å². The first-order valence-corrected chi connectivity index (χ1v) is 8.65. The molecule has 1 atom stereocenters. The molecule has 0 bridgehead atoms. The molecule has 0 fully saturated rings. The number of hydrogen-bond acceptors (Lipinski definition) is 6. The molecule has 0 saturated heterocycles. The van der Waals surface area contributed by atoms with Crippen LogP contribution >= 0.6 is 0 Å². The molecule has 0 radical (unpaired) electrons. The molecule has 8 nitrogen and oxygen atoms in total. The van der Waals surface area contributed by atoms with E-state index in [0.29, 0.717) is 11.1 Å². The highest BCUT2D eigenvalue weighted by molar-refractivity contribution is 5.96. The van der Waals surface area contributed by atoms with Crippen LogP contribution in [0.15, 0.2) is 35.3 Å². The van der Waals surface area contributed by atoms with Crippen molar-refractivity contribution < 1.29 is 23.9 Å². The molecule has 0 saturated carbocycles. The second-order valence-corrected chi connectivity index (χ2v) is 6.46. The van der Waals surface area contributed by atoms with Crippen LogP contribution in [-0.4, -0.2) is 45.8 Å². The van der Waals surface area contributed by atoms with E-state index in [1.807, 2.05) is 0 Å². The van der Waals surface area contributed by atoms with E-state index in [9.17, 15) is 18.8 Å². The summed E-state index contributed by atoms with van der Waals surface area (Å²) in [7, 11) is 1.53. The Morgan fingerprint density at radius 3 is 2.75 bits per heavy atom. The fourth-order valence-corrected chi connectivity index (χ4v) is 3.01. The van der Waals surface area contributed by atoms with Crippen molar-refractivity contribution in [1.82, 2.24) is 9.63 Å². The Balaban J connectivity index is 1.95. The van der Waals surface area contributed by atoms with Crippen LogP contribution in [-0.2, 0) is 18.3 Å². The minimum atomic E-state index is -0.809. The maximum atomic E-state index is 14.4. The molecule has 148 valence electrons. The smallest absolute Gasteiger partial charge is 0.281 e. The summed E-state index contributed by atoms with van der Waals surface area (Å²) < 4.78 is 15.7. The van der Waals surface area contributed by atoms with Crippen molar-refractivity contribution in [2.24, 2.45) is 7.05 Å². The van der Waals surface area contributed by atoms with E-state index < -0.39 is 17.9 Å². The molecule has 9 heteroatoms. The van der Waals surface area contributed by atoms with Crippen molar-refractivity contribution in [3.05, 3.63) is 63.3 Å². The van der Waals surface area contributed by atoms with Gasteiger partial charge in [0.15, 0.2) is 5.78 Å². The quantitative estimate of drug-likeness (QED) is 0.718. The lowest BCUT2D eigenvalue weighted by Crippen LogP contribution is -2.50. The lowest BCUT2D eigenvalue weighted by atomic mass is 10.00. The van der Waals surface area contributed by atoms with Crippen LogP contribution < -0.4 is 10.9 Å². The Morgan fingerprint density at radius 2 is 2.11 bits per heavy atom. The van der Waals surface area contributed by atoms with Crippen LogP contribution in [0, 0.1) is 5.82 Å². The third-order valence-corrected chi connectivity index (χ3v) is 4.46. The third-order valence-electron chi connectivity index (χ3n) is 4.46. The largest absolute Gasteiger partial charge is 0.394 e. The molecule has 28 heavy (non-hydrogen) atoms. The predicted molar refractivity (Wildman–Crippen MR) is 98.4 cm³/mol. The van der Waals surface area contributed by atoms with Gasteiger partial charge in [-0.25, -0.2) is 4.39 Å². The Kier molecular flexibility index (Phi) is 5.57. The van der Waals surface area contributed by atoms with Gasteiger partial charge in [-0.2, -0.15) is 5.06 Å². The number of nitrogens with one attached hydrogen (secondary N) is 1. The summed E-state index contributed by atoms with van der Waals surface area (Å²) >= 11 is 0. The number of aryl methyl sites for hydroxylation is 1. The predicted octanol–water partition coefficient (Wildman–Crippen LogP) is 1.09. The van der Waals surface area contributed by atoms with Crippen LogP contribution in [0.25, 0.3) is 0 Å². The zero-order chi connectivity index (χ0) is 20.4. The Labute approximate surface area is 160 Å². The van der Waals surface area contributed by atoms with Gasteiger partial charge in [0.05, 0.1) is 24.5 Å². The number of anilines is 1. The van der Waals surface area contributed by atoms with E-state index in [-0.39, 0.29) is 42.2 Å². The number of benzene rings is 1. The molecule has 2 heterocycles. The molecule has 3 rings (SSSR count). The number of aliphatic hydroxyl groups excluding tert-OH is 1. The molecule has 2 aromatic rings. The molecule has 0 aliphatic carbocycles. The zero-order valence-electron chi connectivity index (χ0n) is 15.4. The number of hydrogen-bond donors (Lipinski definition) is 2. The Hall–Kier alpha value is -3.04. The first kappa shape index (κ1) is 19.7. The zero-order valence-corrected chi connectivity index (χ0v) is 15.4. The number of rotatable bonds is 6. The number of carbonyl (C=O) groups is 2. The van der Waals surface area contributed by atoms with Crippen molar-refractivity contribution in [3.8, 4) is 0 Å². The number of ketones is 1. The molecule has 1 aliphatic rings. The minimum Gasteiger partial charge on any atom is -0.394 e. The van der Waals surface area contributed by atoms with Gasteiger partial charge in [0, 0.05) is 31.3 Å². The maximum Gasteiger partial charge on any atom is 0.281 e. The summed E-state index contributed by atoms with van der Waals surface area (Å²) in [6.07, 6.45) is 0.806. The third kappa shape index (κ3) is 3.80. The standard InChI is InChI=1S/C19H20FN3O5/c1-11(25)12-3-4-16(15(20)7-12)21-17-8-13-9-18(26)22(2)10-14(13)19(27)23(17)28-6-5-24/h3-4,7,9-10,17,21,24H,5-6,8H2,1-2H3. The van der Waals surface area contributed by atoms with E-state index in [2.05, 4.69) is 5.32 Å². The minimum absolute atomic E-state index is 0.0766. The summed E-state index contributed by atoms with van der Waals surface area (Å²) in [5, 5.41) is 13.0. The van der Waals surface area contributed by atoms with E-state index in [1.165, 1.54) is 42.9 Å². The Bertz CT molecular complexity index is 988. The summed E-state index contributed by atoms with van der Waals surface area (Å²) in [6.45, 7) is 0.901. The summed E-state index contributed by atoms with van der Waals surface area (Å²) in [5.41, 5.74) is 0.838. The average molecular weight is 389 g/mol. The number of fused-ring (bicyclic) bond motifs is 1. The fraction of sp³-hybridized carbons (Fsp3) is 0.316. The first-order valence-electron chi connectivity index (χ1n) is 8.65. The van der Waals surface area contributed by atoms with Gasteiger partial charge in [0.25, 0.3) is 11.5 Å². The second kappa shape index (κ2) is 7.91. The summed E-state index contributed by atoms with van der Waals surface area (Å²) in [4.78, 5) is 41.5. The topological polar surface area (TPSA) is 101 Å². The monoisotopic (exact) mass is 389 g/mol. The molecule has 0 spiro atoms. The average Bonchev–Trinajstić information content (AvgIpc) is 2.65. The van der Waals surface area contributed by atoms with E-state index in [0.717, 1.165) is 11.1 Å². The molecule has 1 aromatic heterocycles. The molecule has 2 N–H and O–H groups in total. The summed E-state index contributed by atoms with van der Waals surface area (Å²) in [5.74, 6) is -1.43. The maximum absolute atomic E-state index is 14.4. The molecule has 1 amide bonds. The number of aromatic nitrogens is 1. The normalized spacial score (nSPS) is 16.1. The molecular weight excluding hydrogens is 369 g/mol. The Morgan fingerprint density at radius 1 is 1.36 bits per heavy atom. The van der Waals surface area contributed by atoms with E-state index in [1.54, 1.807) is 0 Å². The number of halogens is 1. The highest BCUT2D eigenvalue weighted by Gasteiger charge is 2.34. The molecule has 1 aliphatic heterocycles. The van der Waals surface area contributed by atoms with Crippen molar-refractivity contribution in [1.29, 1.82) is 0 Å². The van der Waals surface area contributed by atoms with E-state index >= 15 is 0 Å². The van der Waals surface area contributed by atoms with Crippen molar-refractivity contribution in [2.75, 3.05) is 18.5 Å². The van der Waals surface area contributed by atoms with Crippen LogP contribution in [0.4, 0.5) is 10.1 Å². The number of carbonyl (C=O) groups excluding carboxylic acids is 2. The lowest BCUT2D eigenvalue weighted by Gasteiger charge is -2.36. The number of amides is 1. The van der Waals surface area contributed by atoms with Gasteiger partial charge in [-0.05, 0) is 30.7 Å². The lowest BCUT2D eigenvalue weighted by molar-refractivity contribution is -0.152. The van der Waals surface area contributed by atoms with Gasteiger partial charge < -0.3 is 15.0 Å². The summed E-state index contributed by atoms with van der Waals surface area (Å²) in [6, 6.07) is 5.35. The van der Waals surface area contributed by atoms with Gasteiger partial charge in [-0.1, -0.05) is 0 Å². The van der Waals surface area contributed by atoms with E-state index in [4.69, 9.17) is 9.94 Å². The molecule has 1 unspecified atom stereocenters. The second-order valence-electron chi connectivity index (χ2n) is 6.46. The number of hydroxylamine groups is 2.